The van der Waals surface area contributed by atoms with Gasteiger partial charge in [-0.25, -0.2) is 0 Å². The lowest BCUT2D eigenvalue weighted by atomic mass is 9.97. The summed E-state index contributed by atoms with van der Waals surface area (Å²) in [5.74, 6) is -0.210. The maximum Gasteiger partial charge on any atom is 0.290 e. The Morgan fingerprint density at radius 2 is 1.75 bits per heavy atom. The van der Waals surface area contributed by atoms with Crippen molar-refractivity contribution in [1.82, 2.24) is 9.80 Å². The Morgan fingerprint density at radius 1 is 0.969 bits per heavy atom. The van der Waals surface area contributed by atoms with E-state index in [4.69, 9.17) is 27.6 Å². The Morgan fingerprint density at radius 3 is 2.50 bits per heavy atom. The molecule has 2 heterocycles. The van der Waals surface area contributed by atoms with Crippen molar-refractivity contribution < 1.29 is 9.21 Å². The molecule has 4 aromatic rings. The highest BCUT2D eigenvalue weighted by Crippen LogP contribution is 2.40. The van der Waals surface area contributed by atoms with Gasteiger partial charge in [0.2, 0.25) is 5.76 Å². The minimum atomic E-state index is -0.598. The van der Waals surface area contributed by atoms with Gasteiger partial charge < -0.3 is 14.2 Å². The van der Waals surface area contributed by atoms with Crippen LogP contribution in [-0.2, 0) is 0 Å². The number of fused-ring (bicyclic) bond motifs is 4. The molecule has 1 atom stereocenters. The molecule has 0 bridgehead atoms. The summed E-state index contributed by atoms with van der Waals surface area (Å²) in [6.45, 7) is 1.06. The first-order chi connectivity index (χ1) is 15.4. The highest BCUT2D eigenvalue weighted by atomic mass is 35.5. The topological polar surface area (TPSA) is 53.8 Å². The lowest BCUT2D eigenvalue weighted by molar-refractivity contribution is 0.0716. The van der Waals surface area contributed by atoms with E-state index in [1.54, 1.807) is 29.2 Å². The maximum atomic E-state index is 13.7. The van der Waals surface area contributed by atoms with Crippen LogP contribution in [0.4, 0.5) is 0 Å². The zero-order valence-corrected chi connectivity index (χ0v) is 19.1. The Labute approximate surface area is 194 Å². The molecule has 162 valence electrons. The van der Waals surface area contributed by atoms with E-state index >= 15 is 0 Å². The number of halogens is 2. The van der Waals surface area contributed by atoms with E-state index in [0.29, 0.717) is 39.7 Å². The van der Waals surface area contributed by atoms with Crippen LogP contribution in [0.1, 0.15) is 27.7 Å². The zero-order valence-electron chi connectivity index (χ0n) is 17.6. The number of amides is 1. The molecule has 1 aromatic heterocycles. The number of likely N-dealkylation sites (N-methyl/N-ethyl adjacent to an activating group) is 1. The number of rotatable bonds is 4. The lowest BCUT2D eigenvalue weighted by Gasteiger charge is -2.26. The van der Waals surface area contributed by atoms with Gasteiger partial charge in [-0.2, -0.15) is 0 Å². The minimum absolute atomic E-state index is 0.0914. The monoisotopic (exact) mass is 466 g/mol. The third kappa shape index (κ3) is 3.28. The van der Waals surface area contributed by atoms with Crippen molar-refractivity contribution in [3.63, 3.8) is 0 Å². The second kappa shape index (κ2) is 7.93. The average Bonchev–Trinajstić information content (AvgIpc) is 3.06. The van der Waals surface area contributed by atoms with Crippen molar-refractivity contribution in [3.05, 3.63) is 91.8 Å². The number of hydrogen-bond donors (Lipinski definition) is 0. The summed E-state index contributed by atoms with van der Waals surface area (Å²) in [5.41, 5.74) is 1.29. The summed E-state index contributed by atoms with van der Waals surface area (Å²) in [6.07, 6.45) is 0. The highest BCUT2D eigenvalue weighted by Gasteiger charge is 2.42. The number of nitrogens with zero attached hydrogens (tertiary/aromatic N) is 2. The molecule has 5 rings (SSSR count). The number of carbonyl (C=O) groups excluding carboxylic acids is 1. The molecule has 1 unspecified atom stereocenters. The van der Waals surface area contributed by atoms with E-state index in [0.717, 1.165) is 16.3 Å². The van der Waals surface area contributed by atoms with Crippen molar-refractivity contribution >= 4 is 50.9 Å². The molecule has 32 heavy (non-hydrogen) atoms. The van der Waals surface area contributed by atoms with Gasteiger partial charge in [-0.1, -0.05) is 59.6 Å². The van der Waals surface area contributed by atoms with Gasteiger partial charge in [0.1, 0.15) is 5.58 Å². The normalized spacial score (nSPS) is 15.8. The van der Waals surface area contributed by atoms with Crippen LogP contribution in [0.5, 0.6) is 0 Å². The molecule has 0 spiro atoms. The average molecular weight is 467 g/mol. The van der Waals surface area contributed by atoms with Crippen molar-refractivity contribution in [3.8, 4) is 0 Å². The molecule has 3 aromatic carbocycles. The molecular weight excluding hydrogens is 447 g/mol. The summed E-state index contributed by atoms with van der Waals surface area (Å²) < 4.78 is 6.19. The lowest BCUT2D eigenvalue weighted by Crippen LogP contribution is -2.35. The third-order valence-corrected chi connectivity index (χ3v) is 6.64. The van der Waals surface area contributed by atoms with Crippen LogP contribution in [0.25, 0.3) is 21.7 Å². The molecule has 1 aliphatic heterocycles. The SMILES string of the molecule is CN(C)CCN1C(=O)c2oc3c(ccc4ccccc43)c(=O)c2C1c1ccc(Cl)c(Cl)c1. The molecular formula is C25H20Cl2N2O3. The van der Waals surface area contributed by atoms with Gasteiger partial charge >= 0.3 is 0 Å². The van der Waals surface area contributed by atoms with Crippen molar-refractivity contribution in [2.24, 2.45) is 0 Å². The fourth-order valence-corrected chi connectivity index (χ4v) is 4.62. The standard InChI is InChI=1S/C25H20Cl2N2O3/c1-28(2)11-12-29-21(15-8-10-18(26)19(27)13-15)20-22(30)17-9-7-14-5-3-4-6-16(14)23(17)32-24(20)25(29)31/h3-10,13,21H,11-12H2,1-2H3. The first-order valence-corrected chi connectivity index (χ1v) is 11.0. The van der Waals surface area contributed by atoms with Gasteiger partial charge in [-0.05, 0) is 43.2 Å². The fourth-order valence-electron chi connectivity index (χ4n) is 4.32. The Bertz CT molecular complexity index is 1440. The molecule has 0 radical (unpaired) electrons. The minimum Gasteiger partial charge on any atom is -0.450 e. The van der Waals surface area contributed by atoms with Crippen LogP contribution < -0.4 is 5.43 Å². The van der Waals surface area contributed by atoms with Crippen molar-refractivity contribution in [2.75, 3.05) is 27.2 Å². The van der Waals surface area contributed by atoms with Crippen LogP contribution >= 0.6 is 23.2 Å². The van der Waals surface area contributed by atoms with Crippen molar-refractivity contribution in [1.29, 1.82) is 0 Å². The van der Waals surface area contributed by atoms with Gasteiger partial charge in [0.15, 0.2) is 5.43 Å². The highest BCUT2D eigenvalue weighted by molar-refractivity contribution is 6.42. The summed E-state index contributed by atoms with van der Waals surface area (Å²) in [7, 11) is 3.87. The summed E-state index contributed by atoms with van der Waals surface area (Å²) >= 11 is 12.4. The largest absolute Gasteiger partial charge is 0.450 e. The van der Waals surface area contributed by atoms with Gasteiger partial charge in [0.05, 0.1) is 27.0 Å². The Balaban J connectivity index is 1.78. The third-order valence-electron chi connectivity index (χ3n) is 5.91. The molecule has 0 N–H and O–H groups in total. The van der Waals surface area contributed by atoms with E-state index in [9.17, 15) is 9.59 Å². The quantitative estimate of drug-likeness (QED) is 0.380. The van der Waals surface area contributed by atoms with E-state index in [2.05, 4.69) is 0 Å². The first-order valence-electron chi connectivity index (χ1n) is 10.3. The summed E-state index contributed by atoms with van der Waals surface area (Å²) in [5, 5.41) is 2.98. The van der Waals surface area contributed by atoms with Gasteiger partial charge in [-0.3, -0.25) is 9.59 Å². The molecule has 0 saturated carbocycles. The zero-order chi connectivity index (χ0) is 22.6. The smallest absolute Gasteiger partial charge is 0.290 e. The molecule has 0 saturated heterocycles. The van der Waals surface area contributed by atoms with Gasteiger partial charge in [-0.15, -0.1) is 0 Å². The summed E-state index contributed by atoms with van der Waals surface area (Å²) in [6, 6.07) is 15.9. The summed E-state index contributed by atoms with van der Waals surface area (Å²) in [4.78, 5) is 30.9. The predicted molar refractivity (Wildman–Crippen MR) is 128 cm³/mol. The van der Waals surface area contributed by atoms with Crippen LogP contribution in [0, 0.1) is 0 Å². The predicted octanol–water partition coefficient (Wildman–Crippen LogP) is 5.36. The number of carbonyl (C=O) groups is 1. The van der Waals surface area contributed by atoms with Crippen molar-refractivity contribution in [2.45, 2.75) is 6.04 Å². The molecule has 7 heteroatoms. The Kier molecular flexibility index (Phi) is 5.20. The van der Waals surface area contributed by atoms with E-state index < -0.39 is 6.04 Å². The van der Waals surface area contributed by atoms with Crippen LogP contribution in [0.15, 0.2) is 63.8 Å². The van der Waals surface area contributed by atoms with E-state index in [-0.39, 0.29) is 17.1 Å². The first kappa shape index (κ1) is 21.0. The molecule has 0 aliphatic carbocycles. The molecule has 1 aliphatic rings. The maximum absolute atomic E-state index is 13.7. The van der Waals surface area contributed by atoms with E-state index in [1.807, 2.05) is 49.3 Å². The molecule has 0 fully saturated rings. The molecule has 5 nitrogen and oxygen atoms in total. The number of hydrogen-bond acceptors (Lipinski definition) is 4. The van der Waals surface area contributed by atoms with Gasteiger partial charge in [0, 0.05) is 18.5 Å². The second-order valence-corrected chi connectivity index (χ2v) is 9.03. The fraction of sp³-hybridized carbons (Fsp3) is 0.200. The number of benzene rings is 3. The van der Waals surface area contributed by atoms with E-state index in [1.165, 1.54) is 0 Å². The molecule has 1 amide bonds. The van der Waals surface area contributed by atoms with Crippen LogP contribution in [-0.4, -0.2) is 42.9 Å². The second-order valence-electron chi connectivity index (χ2n) is 8.22. The van der Waals surface area contributed by atoms with Gasteiger partial charge in [0.25, 0.3) is 5.91 Å². The Hall–Kier alpha value is -2.86. The van der Waals surface area contributed by atoms with Crippen LogP contribution in [0.2, 0.25) is 10.0 Å². The van der Waals surface area contributed by atoms with Crippen LogP contribution in [0.3, 0.4) is 0 Å².